The second-order valence-corrected chi connectivity index (χ2v) is 9.92. The van der Waals surface area contributed by atoms with Crippen LogP contribution >= 0.6 is 7.82 Å². The number of allylic oxidation sites excluding steroid dienone is 1. The lowest BCUT2D eigenvalue weighted by Gasteiger charge is -2.22. The van der Waals surface area contributed by atoms with Gasteiger partial charge in [-0.25, -0.2) is 4.57 Å². The first kappa shape index (κ1) is 26.4. The summed E-state index contributed by atoms with van der Waals surface area (Å²) in [5, 5.41) is 9.19. The number of ether oxygens (including phenoxy) is 2. The highest BCUT2D eigenvalue weighted by molar-refractivity contribution is 7.47. The van der Waals surface area contributed by atoms with Gasteiger partial charge in [-0.1, -0.05) is 36.4 Å². The summed E-state index contributed by atoms with van der Waals surface area (Å²) < 4.78 is 33.8. The summed E-state index contributed by atoms with van der Waals surface area (Å²) in [6.07, 6.45) is 3.51. The van der Waals surface area contributed by atoms with Crippen molar-refractivity contribution in [2.45, 2.75) is 53.6 Å². The van der Waals surface area contributed by atoms with Gasteiger partial charge >= 0.3 is 7.82 Å². The van der Waals surface area contributed by atoms with Crippen molar-refractivity contribution in [1.82, 2.24) is 0 Å². The lowest BCUT2D eigenvalue weighted by Crippen LogP contribution is -2.08. The third-order valence-corrected chi connectivity index (χ3v) is 6.36. The molecule has 0 bridgehead atoms. The van der Waals surface area contributed by atoms with Gasteiger partial charge in [0, 0.05) is 5.56 Å². The van der Waals surface area contributed by atoms with Crippen LogP contribution in [0.3, 0.4) is 0 Å². The Labute approximate surface area is 201 Å². The molecule has 0 saturated heterocycles. The van der Waals surface area contributed by atoms with Crippen LogP contribution in [0.4, 0.5) is 0 Å². The molecule has 1 aliphatic rings. The molecule has 2 aromatic carbocycles. The van der Waals surface area contributed by atoms with E-state index < -0.39 is 13.9 Å². The minimum atomic E-state index is -4.10. The Kier molecular flexibility index (Phi) is 9.25. The van der Waals surface area contributed by atoms with Crippen LogP contribution in [0.15, 0.2) is 59.7 Å². The topological polar surface area (TPSA) is 94.5 Å². The molecule has 34 heavy (non-hydrogen) atoms. The molecule has 1 aliphatic heterocycles. The number of hydrogen-bond acceptors (Lipinski definition) is 6. The Morgan fingerprint density at radius 1 is 1.15 bits per heavy atom. The molecule has 0 amide bonds. The van der Waals surface area contributed by atoms with Crippen molar-refractivity contribution in [3.05, 3.63) is 76.4 Å². The molecule has 0 fully saturated rings. The van der Waals surface area contributed by atoms with E-state index in [9.17, 15) is 14.6 Å². The van der Waals surface area contributed by atoms with E-state index >= 15 is 0 Å². The summed E-state index contributed by atoms with van der Waals surface area (Å²) >= 11 is 0. The van der Waals surface area contributed by atoms with Crippen LogP contribution in [0.2, 0.25) is 0 Å². The number of benzene rings is 2. The van der Waals surface area contributed by atoms with Gasteiger partial charge < -0.3 is 19.5 Å². The number of rotatable bonds is 11. The first-order valence-electron chi connectivity index (χ1n) is 11.3. The maximum atomic E-state index is 11.9. The second kappa shape index (κ2) is 11.9. The molecule has 0 aliphatic carbocycles. The fourth-order valence-electron chi connectivity index (χ4n) is 3.58. The molecule has 184 valence electrons. The molecule has 1 unspecified atom stereocenters. The average molecular weight is 489 g/mol. The molecule has 0 radical (unpaired) electrons. The van der Waals surface area contributed by atoms with Gasteiger partial charge in [0.1, 0.15) is 12.4 Å². The van der Waals surface area contributed by atoms with Gasteiger partial charge in [-0.05, 0) is 73.2 Å². The lowest BCUT2D eigenvalue weighted by molar-refractivity contribution is 0.116. The molecule has 1 heterocycles. The predicted octanol–water partition coefficient (Wildman–Crippen LogP) is 5.69. The average Bonchev–Trinajstić information content (AvgIpc) is 2.80. The molecule has 2 N–H and O–H groups in total. The molecule has 0 saturated carbocycles. The van der Waals surface area contributed by atoms with Gasteiger partial charge in [-0.3, -0.25) is 9.05 Å². The summed E-state index contributed by atoms with van der Waals surface area (Å²) in [5.41, 5.74) is 6.82. The highest BCUT2D eigenvalue weighted by Gasteiger charge is 2.24. The van der Waals surface area contributed by atoms with E-state index in [1.165, 1.54) is 0 Å². The Morgan fingerprint density at radius 2 is 1.85 bits per heavy atom. The Balaban J connectivity index is 1.64. The third kappa shape index (κ3) is 7.37. The summed E-state index contributed by atoms with van der Waals surface area (Å²) in [6.45, 7) is 8.52. The molecule has 0 aromatic heterocycles. The molecule has 1 atom stereocenters. The Morgan fingerprint density at radius 3 is 2.53 bits per heavy atom. The zero-order valence-electron chi connectivity index (χ0n) is 20.1. The largest absolute Gasteiger partial charge is 0.488 e. The van der Waals surface area contributed by atoms with Crippen LogP contribution in [0.25, 0.3) is 11.1 Å². The predicted molar refractivity (Wildman–Crippen MR) is 131 cm³/mol. The van der Waals surface area contributed by atoms with Crippen LogP contribution in [0, 0.1) is 0 Å². The highest BCUT2D eigenvalue weighted by Crippen LogP contribution is 2.46. The normalized spacial score (nSPS) is 15.5. The van der Waals surface area contributed by atoms with E-state index in [4.69, 9.17) is 18.5 Å². The van der Waals surface area contributed by atoms with Crippen LogP contribution in [0.1, 0.15) is 44.4 Å². The Bertz CT molecular complexity index is 1100. The van der Waals surface area contributed by atoms with Gasteiger partial charge in [0.2, 0.25) is 0 Å². The van der Waals surface area contributed by atoms with E-state index in [0.29, 0.717) is 25.6 Å². The number of phosphoric ester groups is 1. The van der Waals surface area contributed by atoms with Crippen molar-refractivity contribution in [2.24, 2.45) is 0 Å². The van der Waals surface area contributed by atoms with Crippen molar-refractivity contribution >= 4 is 7.82 Å². The molecule has 2 aromatic rings. The van der Waals surface area contributed by atoms with E-state index in [-0.39, 0.29) is 13.2 Å². The van der Waals surface area contributed by atoms with Crippen LogP contribution in [-0.2, 0) is 38.2 Å². The van der Waals surface area contributed by atoms with Gasteiger partial charge in [-0.15, -0.1) is 0 Å². The van der Waals surface area contributed by atoms with Crippen molar-refractivity contribution in [2.75, 3.05) is 13.2 Å². The number of fused-ring (bicyclic) bond motifs is 3. The summed E-state index contributed by atoms with van der Waals surface area (Å²) in [4.78, 5) is 9.75. The van der Waals surface area contributed by atoms with Crippen molar-refractivity contribution in [3.8, 4) is 16.9 Å². The minimum Gasteiger partial charge on any atom is -0.488 e. The zero-order valence-corrected chi connectivity index (χ0v) is 21.0. The molecule has 8 heteroatoms. The van der Waals surface area contributed by atoms with Crippen molar-refractivity contribution in [1.29, 1.82) is 0 Å². The summed E-state index contributed by atoms with van der Waals surface area (Å²) in [5.74, 6) is 0.707. The first-order chi connectivity index (χ1) is 16.2. The van der Waals surface area contributed by atoms with Gasteiger partial charge in [0.05, 0.1) is 32.5 Å². The number of hydrogen-bond donors (Lipinski definition) is 2. The standard InChI is InChI=1S/C26H33O7P/c1-5-20(10-19(4)13-27)14-30-15-21-6-8-24-23(11-21)17-31-26-12-22(7-9-25(24)26)16-32-34(28,29)33-18(2)3/h5-12,18,27H,13-17H2,1-4H3,(H,28,29). The van der Waals surface area contributed by atoms with E-state index in [0.717, 1.165) is 39.0 Å². The fourth-order valence-corrected chi connectivity index (χ4v) is 4.49. The molecular weight excluding hydrogens is 455 g/mol. The first-order valence-corrected chi connectivity index (χ1v) is 12.7. The summed E-state index contributed by atoms with van der Waals surface area (Å²) in [7, 11) is -4.10. The quantitative estimate of drug-likeness (QED) is 0.310. The SMILES string of the molecule is CC=C(C=C(C)CO)COCc1ccc2c(c1)COc1cc(COP(=O)(O)OC(C)C)ccc1-2. The van der Waals surface area contributed by atoms with Crippen LogP contribution < -0.4 is 4.74 Å². The molecule has 7 nitrogen and oxygen atoms in total. The minimum absolute atomic E-state index is 0.0347. The van der Waals surface area contributed by atoms with Gasteiger partial charge in [0.15, 0.2) is 0 Å². The second-order valence-electron chi connectivity index (χ2n) is 8.51. The van der Waals surface area contributed by atoms with E-state index in [1.807, 2.05) is 50.3 Å². The maximum Gasteiger partial charge on any atom is 0.472 e. The maximum absolute atomic E-state index is 11.9. The zero-order chi connectivity index (χ0) is 24.7. The van der Waals surface area contributed by atoms with Crippen molar-refractivity contribution in [3.63, 3.8) is 0 Å². The lowest BCUT2D eigenvalue weighted by atomic mass is 9.94. The smallest absolute Gasteiger partial charge is 0.472 e. The molecule has 0 spiro atoms. The molecule has 3 rings (SSSR count). The number of aliphatic hydroxyl groups is 1. The van der Waals surface area contributed by atoms with Crippen LogP contribution in [0.5, 0.6) is 5.75 Å². The number of phosphoric acid groups is 1. The van der Waals surface area contributed by atoms with Gasteiger partial charge in [-0.2, -0.15) is 0 Å². The van der Waals surface area contributed by atoms with Crippen molar-refractivity contribution < 1.29 is 33.1 Å². The molecular formula is C26H33O7P. The third-order valence-electron chi connectivity index (χ3n) is 5.22. The summed E-state index contributed by atoms with van der Waals surface area (Å²) in [6, 6.07) is 11.8. The highest BCUT2D eigenvalue weighted by atomic mass is 31.2. The van der Waals surface area contributed by atoms with Crippen LogP contribution in [-0.4, -0.2) is 29.3 Å². The fraction of sp³-hybridized carbons (Fsp3) is 0.385. The van der Waals surface area contributed by atoms with E-state index in [1.54, 1.807) is 13.8 Å². The van der Waals surface area contributed by atoms with Gasteiger partial charge in [0.25, 0.3) is 0 Å². The number of aliphatic hydroxyl groups excluding tert-OH is 1. The van der Waals surface area contributed by atoms with E-state index in [2.05, 4.69) is 12.1 Å². The monoisotopic (exact) mass is 488 g/mol. The Hall–Kier alpha value is -2.25.